The zero-order valence-corrected chi connectivity index (χ0v) is 19.9. The molecule has 0 aromatic heterocycles. The second-order valence-electron chi connectivity index (χ2n) is 7.57. The number of nitro benzene ring substituents is 1. The van der Waals surface area contributed by atoms with Crippen molar-refractivity contribution in [2.45, 2.75) is 13.0 Å². The maximum Gasteiger partial charge on any atom is 0.338 e. The van der Waals surface area contributed by atoms with Crippen LogP contribution in [0.4, 0.5) is 16.2 Å². The third-order valence-corrected chi connectivity index (χ3v) is 5.72. The summed E-state index contributed by atoms with van der Waals surface area (Å²) in [4.78, 5) is 49.4. The minimum Gasteiger partial charge on any atom is -0.460 e. The van der Waals surface area contributed by atoms with E-state index in [0.29, 0.717) is 16.9 Å². The number of carbonyl (C=O) groups excluding carboxylic acids is 3. The quantitative estimate of drug-likeness (QED) is 0.243. The van der Waals surface area contributed by atoms with Gasteiger partial charge in [-0.1, -0.05) is 23.7 Å². The van der Waals surface area contributed by atoms with Crippen molar-refractivity contribution >= 4 is 40.9 Å². The number of carbonyl (C=O) groups is 3. The highest BCUT2D eigenvalue weighted by molar-refractivity contribution is 6.32. The molecule has 11 nitrogen and oxygen atoms in total. The first-order chi connectivity index (χ1) is 16.6. The SMILES string of the molecule is COCCOC(=O)C1=C(C)N(C)C(=O)N[C@@H]1c1ccc(NC(=O)c2ccc(Cl)c([N+](=O)[O-])c2)cc1. The monoisotopic (exact) mass is 502 g/mol. The Kier molecular flexibility index (Phi) is 8.05. The standard InChI is InChI=1S/C23H23ClN4O7/c1-13-19(22(30)35-11-10-34-3)20(26-23(31)27(13)2)14-4-7-16(8-5-14)25-21(29)15-6-9-17(24)18(12-15)28(32)33/h4-9,12,20H,10-11H2,1-3H3,(H,25,29)(H,26,31)/t20-/m1/s1. The average molecular weight is 503 g/mol. The molecule has 1 aliphatic heterocycles. The van der Waals surface area contributed by atoms with Gasteiger partial charge in [0.1, 0.15) is 11.6 Å². The highest BCUT2D eigenvalue weighted by Crippen LogP contribution is 2.31. The van der Waals surface area contributed by atoms with Gasteiger partial charge in [-0.2, -0.15) is 0 Å². The summed E-state index contributed by atoms with van der Waals surface area (Å²) in [6.07, 6.45) is 0. The van der Waals surface area contributed by atoms with Crippen LogP contribution in [0.1, 0.15) is 28.9 Å². The van der Waals surface area contributed by atoms with Crippen LogP contribution < -0.4 is 10.6 Å². The molecule has 0 saturated carbocycles. The summed E-state index contributed by atoms with van der Waals surface area (Å²) >= 11 is 5.80. The fourth-order valence-electron chi connectivity index (χ4n) is 3.40. The van der Waals surface area contributed by atoms with Gasteiger partial charge in [-0.25, -0.2) is 9.59 Å². The van der Waals surface area contributed by atoms with Crippen LogP contribution in [0.2, 0.25) is 5.02 Å². The Morgan fingerprint density at radius 1 is 1.20 bits per heavy atom. The Labute approximate surface area is 205 Å². The molecular formula is C23H23ClN4O7. The van der Waals surface area contributed by atoms with Crippen LogP contribution in [-0.2, 0) is 14.3 Å². The third kappa shape index (κ3) is 5.76. The Morgan fingerprint density at radius 2 is 1.89 bits per heavy atom. The highest BCUT2D eigenvalue weighted by atomic mass is 35.5. The molecule has 0 aliphatic carbocycles. The summed E-state index contributed by atoms with van der Waals surface area (Å²) in [7, 11) is 3.04. The molecule has 2 aromatic carbocycles. The lowest BCUT2D eigenvalue weighted by Gasteiger charge is -2.33. The van der Waals surface area contributed by atoms with Crippen molar-refractivity contribution in [2.75, 3.05) is 32.7 Å². The molecule has 0 unspecified atom stereocenters. The molecule has 1 heterocycles. The van der Waals surface area contributed by atoms with Crippen molar-refractivity contribution in [3.05, 3.63) is 80.0 Å². The molecule has 0 radical (unpaired) electrons. The van der Waals surface area contributed by atoms with Crippen molar-refractivity contribution in [1.82, 2.24) is 10.2 Å². The van der Waals surface area contributed by atoms with E-state index in [9.17, 15) is 24.5 Å². The fourth-order valence-corrected chi connectivity index (χ4v) is 3.59. The van der Waals surface area contributed by atoms with E-state index in [-0.39, 0.29) is 41.1 Å². The predicted molar refractivity (Wildman–Crippen MR) is 127 cm³/mol. The van der Waals surface area contributed by atoms with Gasteiger partial charge >= 0.3 is 12.0 Å². The molecule has 12 heteroatoms. The number of allylic oxidation sites excluding steroid dienone is 1. The van der Waals surface area contributed by atoms with Crippen molar-refractivity contribution in [3.63, 3.8) is 0 Å². The summed E-state index contributed by atoms with van der Waals surface area (Å²) in [5.41, 5.74) is 1.40. The third-order valence-electron chi connectivity index (χ3n) is 5.40. The minimum atomic E-state index is -0.766. The Balaban J connectivity index is 1.81. The van der Waals surface area contributed by atoms with Gasteiger partial charge in [-0.3, -0.25) is 14.9 Å². The lowest BCUT2D eigenvalue weighted by Crippen LogP contribution is -2.46. The number of nitrogens with zero attached hydrogens (tertiary/aromatic N) is 2. The van der Waals surface area contributed by atoms with E-state index < -0.39 is 22.8 Å². The molecule has 1 atom stereocenters. The molecule has 3 amide bonds. The van der Waals surface area contributed by atoms with Crippen LogP contribution >= 0.6 is 11.6 Å². The first kappa shape index (κ1) is 25.7. The van der Waals surface area contributed by atoms with Crippen LogP contribution in [-0.4, -0.2) is 55.1 Å². The molecule has 2 N–H and O–H groups in total. The summed E-state index contributed by atoms with van der Waals surface area (Å²) in [6, 6.07) is 9.06. The van der Waals surface area contributed by atoms with E-state index in [0.717, 1.165) is 6.07 Å². The number of rotatable bonds is 8. The number of anilines is 1. The number of benzene rings is 2. The van der Waals surface area contributed by atoms with E-state index in [1.165, 1.54) is 24.1 Å². The molecule has 3 rings (SSSR count). The molecule has 35 heavy (non-hydrogen) atoms. The lowest BCUT2D eigenvalue weighted by atomic mass is 9.95. The van der Waals surface area contributed by atoms with Gasteiger partial charge in [0.25, 0.3) is 11.6 Å². The van der Waals surface area contributed by atoms with Crippen molar-refractivity contribution in [1.29, 1.82) is 0 Å². The molecule has 1 aliphatic rings. The Hall–Kier alpha value is -3.96. The summed E-state index contributed by atoms with van der Waals surface area (Å²) in [6.45, 7) is 1.94. The number of methoxy groups -OCH3 is 1. The number of esters is 1. The molecule has 184 valence electrons. The van der Waals surface area contributed by atoms with Crippen LogP contribution in [0.25, 0.3) is 0 Å². The van der Waals surface area contributed by atoms with Crippen molar-refractivity contribution < 1.29 is 28.8 Å². The van der Waals surface area contributed by atoms with Crippen LogP contribution in [0.15, 0.2) is 53.7 Å². The van der Waals surface area contributed by atoms with Crippen molar-refractivity contribution in [3.8, 4) is 0 Å². The van der Waals surface area contributed by atoms with Gasteiger partial charge in [0.15, 0.2) is 0 Å². The zero-order chi connectivity index (χ0) is 25.7. The number of halogens is 1. The second kappa shape index (κ2) is 11.0. The van der Waals surface area contributed by atoms with Gasteiger partial charge in [0.2, 0.25) is 0 Å². The number of amides is 3. The van der Waals surface area contributed by atoms with E-state index in [1.807, 2.05) is 0 Å². The Morgan fingerprint density at radius 3 is 2.51 bits per heavy atom. The van der Waals surface area contributed by atoms with Crippen LogP contribution in [0.5, 0.6) is 0 Å². The summed E-state index contributed by atoms with van der Waals surface area (Å²) in [5.74, 6) is -1.15. The maximum absolute atomic E-state index is 12.8. The number of hydrogen-bond donors (Lipinski definition) is 2. The molecule has 0 bridgehead atoms. The number of nitro groups is 1. The number of urea groups is 1. The molecule has 0 saturated heterocycles. The van der Waals surface area contributed by atoms with E-state index in [2.05, 4.69) is 10.6 Å². The topological polar surface area (TPSA) is 140 Å². The molecule has 0 spiro atoms. The summed E-state index contributed by atoms with van der Waals surface area (Å²) < 4.78 is 10.2. The van der Waals surface area contributed by atoms with E-state index in [4.69, 9.17) is 21.1 Å². The predicted octanol–water partition coefficient (Wildman–Crippen LogP) is 3.66. The number of ether oxygens (including phenoxy) is 2. The largest absolute Gasteiger partial charge is 0.460 e. The van der Waals surface area contributed by atoms with Crippen molar-refractivity contribution in [2.24, 2.45) is 0 Å². The zero-order valence-electron chi connectivity index (χ0n) is 19.2. The summed E-state index contributed by atoms with van der Waals surface area (Å²) in [5, 5.41) is 16.4. The first-order valence-corrected chi connectivity index (χ1v) is 10.8. The maximum atomic E-state index is 12.8. The van der Waals surface area contributed by atoms with E-state index in [1.54, 1.807) is 38.2 Å². The normalized spacial score (nSPS) is 15.5. The second-order valence-corrected chi connectivity index (χ2v) is 7.98. The average Bonchev–Trinajstić information content (AvgIpc) is 2.83. The highest BCUT2D eigenvalue weighted by Gasteiger charge is 2.35. The smallest absolute Gasteiger partial charge is 0.338 e. The first-order valence-electron chi connectivity index (χ1n) is 10.4. The molecule has 2 aromatic rings. The fraction of sp³-hybridized carbons (Fsp3) is 0.261. The van der Waals surface area contributed by atoms with E-state index >= 15 is 0 Å². The molecular weight excluding hydrogens is 480 g/mol. The van der Waals surface area contributed by atoms with Gasteiger partial charge in [-0.15, -0.1) is 0 Å². The Bertz CT molecular complexity index is 1200. The number of hydrogen-bond acceptors (Lipinski definition) is 7. The van der Waals surface area contributed by atoms with Gasteiger partial charge in [0, 0.05) is 37.2 Å². The van der Waals surface area contributed by atoms with Gasteiger partial charge < -0.3 is 25.0 Å². The van der Waals surface area contributed by atoms with Gasteiger partial charge in [-0.05, 0) is 36.8 Å². The van der Waals surface area contributed by atoms with Crippen LogP contribution in [0.3, 0.4) is 0 Å². The molecule has 0 fully saturated rings. The lowest BCUT2D eigenvalue weighted by molar-refractivity contribution is -0.384. The van der Waals surface area contributed by atoms with Crippen LogP contribution in [0, 0.1) is 10.1 Å². The van der Waals surface area contributed by atoms with Gasteiger partial charge in [0.05, 0.1) is 23.1 Å². The number of nitrogens with one attached hydrogen (secondary N) is 2. The minimum absolute atomic E-state index is 0.0598.